The van der Waals surface area contributed by atoms with Gasteiger partial charge in [0.15, 0.2) is 11.5 Å². The van der Waals surface area contributed by atoms with Crippen LogP contribution in [0.3, 0.4) is 0 Å². The van der Waals surface area contributed by atoms with Crippen molar-refractivity contribution in [2.24, 2.45) is 10.9 Å². The van der Waals surface area contributed by atoms with Gasteiger partial charge in [-0.25, -0.2) is 4.99 Å². The highest BCUT2D eigenvalue weighted by atomic mass is 32.1. The molecule has 1 unspecified atom stereocenters. The highest BCUT2D eigenvalue weighted by molar-refractivity contribution is 7.80. The molecule has 9 nitrogen and oxygen atoms in total. The first-order chi connectivity index (χ1) is 12.5. The number of hydrogen-bond donors (Lipinski definition) is 2. The van der Waals surface area contributed by atoms with E-state index in [4.69, 9.17) is 21.7 Å². The van der Waals surface area contributed by atoms with E-state index in [2.05, 4.69) is 15.6 Å². The Kier molecular flexibility index (Phi) is 5.31. The molecule has 1 fully saturated rings. The number of hydrogen-bond acceptors (Lipinski definition) is 6. The zero-order chi connectivity index (χ0) is 18.7. The lowest BCUT2D eigenvalue weighted by molar-refractivity contribution is -0.129. The van der Waals surface area contributed by atoms with E-state index in [9.17, 15) is 14.4 Å². The minimum atomic E-state index is -0.593. The van der Waals surface area contributed by atoms with Crippen LogP contribution in [0.5, 0.6) is 0 Å². The number of thiocarbonyl (C=S) groups is 1. The number of carbonyl (C=O) groups excluding carboxylic acids is 3. The summed E-state index contributed by atoms with van der Waals surface area (Å²) in [6.07, 6.45) is 3.40. The minimum absolute atomic E-state index is 0.0841. The van der Waals surface area contributed by atoms with E-state index >= 15 is 0 Å². The van der Waals surface area contributed by atoms with Gasteiger partial charge in [-0.2, -0.15) is 0 Å². The molecule has 1 aliphatic carbocycles. The molecule has 10 heteroatoms. The maximum absolute atomic E-state index is 12.7. The van der Waals surface area contributed by atoms with E-state index in [-0.39, 0.29) is 42.6 Å². The lowest BCUT2D eigenvalue weighted by Crippen LogP contribution is -2.47. The number of aliphatic imine (C=N–C) groups is 1. The van der Waals surface area contributed by atoms with Crippen LogP contribution in [0.4, 0.5) is 0 Å². The first-order valence-corrected chi connectivity index (χ1v) is 8.51. The molecule has 2 heterocycles. The molecule has 0 bridgehead atoms. The van der Waals surface area contributed by atoms with Crippen LogP contribution in [0.2, 0.25) is 0 Å². The highest BCUT2D eigenvalue weighted by Crippen LogP contribution is 2.31. The first kappa shape index (κ1) is 18.1. The van der Waals surface area contributed by atoms with Crippen LogP contribution in [0.1, 0.15) is 13.3 Å². The summed E-state index contributed by atoms with van der Waals surface area (Å²) >= 11 is 5.20. The number of carbonyl (C=O) groups is 3. The zero-order valence-electron chi connectivity index (χ0n) is 14.1. The third-order valence-electron chi connectivity index (χ3n) is 3.96. The van der Waals surface area contributed by atoms with E-state index in [1.807, 2.05) is 0 Å². The summed E-state index contributed by atoms with van der Waals surface area (Å²) in [4.78, 5) is 41.0. The molecular formula is C16H18N4O5S. The van der Waals surface area contributed by atoms with E-state index in [0.717, 1.165) is 0 Å². The van der Waals surface area contributed by atoms with Gasteiger partial charge in [-0.1, -0.05) is 0 Å². The molecule has 2 aliphatic heterocycles. The lowest BCUT2D eigenvalue weighted by atomic mass is 9.94. The van der Waals surface area contributed by atoms with Crippen molar-refractivity contribution in [3.05, 3.63) is 23.7 Å². The Balaban J connectivity index is 1.56. The van der Waals surface area contributed by atoms with Gasteiger partial charge in [0.1, 0.15) is 5.92 Å². The molecule has 0 aromatic carbocycles. The van der Waals surface area contributed by atoms with Crippen LogP contribution < -0.4 is 10.6 Å². The topological polar surface area (TPSA) is 109 Å². The van der Waals surface area contributed by atoms with Gasteiger partial charge in [-0.05, 0) is 18.3 Å². The van der Waals surface area contributed by atoms with Gasteiger partial charge >= 0.3 is 0 Å². The summed E-state index contributed by atoms with van der Waals surface area (Å²) in [5, 5.41) is 5.37. The van der Waals surface area contributed by atoms with Gasteiger partial charge in [0, 0.05) is 39.1 Å². The SMILES string of the molecule is CC(=O)NCCNC(=O)CCN1C(=O)C2C=C3OCOC3=CC2=NC1=S. The summed E-state index contributed by atoms with van der Waals surface area (Å²) in [5.41, 5.74) is 0.514. The smallest absolute Gasteiger partial charge is 0.241 e. The number of fused-ring (bicyclic) bond motifs is 2. The molecular weight excluding hydrogens is 360 g/mol. The van der Waals surface area contributed by atoms with Crippen molar-refractivity contribution in [1.29, 1.82) is 0 Å². The number of nitrogens with zero attached hydrogens (tertiary/aromatic N) is 2. The van der Waals surface area contributed by atoms with Crippen molar-refractivity contribution in [2.45, 2.75) is 13.3 Å². The molecule has 3 aliphatic rings. The highest BCUT2D eigenvalue weighted by Gasteiger charge is 2.38. The van der Waals surface area contributed by atoms with Crippen LogP contribution >= 0.6 is 12.2 Å². The monoisotopic (exact) mass is 378 g/mol. The van der Waals surface area contributed by atoms with Crippen molar-refractivity contribution in [3.63, 3.8) is 0 Å². The minimum Gasteiger partial charge on any atom is -0.454 e. The fourth-order valence-electron chi connectivity index (χ4n) is 2.68. The van der Waals surface area contributed by atoms with Crippen molar-refractivity contribution in [3.8, 4) is 0 Å². The second kappa shape index (κ2) is 7.65. The third-order valence-corrected chi connectivity index (χ3v) is 4.27. The average molecular weight is 378 g/mol. The number of ether oxygens (including phenoxy) is 2. The molecule has 0 aromatic heterocycles. The number of amides is 3. The van der Waals surface area contributed by atoms with Crippen LogP contribution in [-0.2, 0) is 23.9 Å². The Bertz CT molecular complexity index is 758. The Morgan fingerprint density at radius 3 is 2.81 bits per heavy atom. The summed E-state index contributed by atoms with van der Waals surface area (Å²) in [7, 11) is 0. The average Bonchev–Trinajstić information content (AvgIpc) is 3.04. The second-order valence-electron chi connectivity index (χ2n) is 5.82. The van der Waals surface area contributed by atoms with Gasteiger partial charge in [-0.3, -0.25) is 19.3 Å². The molecule has 0 saturated carbocycles. The number of nitrogens with one attached hydrogen (secondary N) is 2. The largest absolute Gasteiger partial charge is 0.454 e. The van der Waals surface area contributed by atoms with E-state index in [1.165, 1.54) is 11.8 Å². The quantitative estimate of drug-likeness (QED) is 0.481. The molecule has 0 spiro atoms. The van der Waals surface area contributed by atoms with E-state index in [1.54, 1.807) is 12.2 Å². The third kappa shape index (κ3) is 3.90. The molecule has 1 saturated heterocycles. The fourth-order valence-corrected chi connectivity index (χ4v) is 2.97. The Morgan fingerprint density at radius 2 is 2.04 bits per heavy atom. The van der Waals surface area contributed by atoms with Gasteiger partial charge in [0.2, 0.25) is 29.6 Å². The summed E-state index contributed by atoms with van der Waals surface area (Å²) in [5.74, 6) is -0.173. The Labute approximate surface area is 155 Å². The molecule has 3 rings (SSSR count). The van der Waals surface area contributed by atoms with Crippen LogP contribution in [0.15, 0.2) is 28.7 Å². The van der Waals surface area contributed by atoms with Crippen molar-refractivity contribution < 1.29 is 23.9 Å². The number of allylic oxidation sites excluding steroid dienone is 1. The second-order valence-corrected chi connectivity index (χ2v) is 6.18. The van der Waals surface area contributed by atoms with Gasteiger partial charge in [0.05, 0.1) is 5.71 Å². The Hall–Kier alpha value is -2.75. The van der Waals surface area contributed by atoms with Crippen LogP contribution in [0, 0.1) is 5.92 Å². The van der Waals surface area contributed by atoms with Crippen molar-refractivity contribution in [2.75, 3.05) is 26.4 Å². The molecule has 2 N–H and O–H groups in total. The van der Waals surface area contributed by atoms with E-state index in [0.29, 0.717) is 30.3 Å². The van der Waals surface area contributed by atoms with Crippen molar-refractivity contribution >= 4 is 40.8 Å². The van der Waals surface area contributed by atoms with E-state index < -0.39 is 5.92 Å². The summed E-state index contributed by atoms with van der Waals surface area (Å²) < 4.78 is 10.6. The molecule has 3 amide bonds. The van der Waals surface area contributed by atoms with Crippen LogP contribution in [0.25, 0.3) is 0 Å². The van der Waals surface area contributed by atoms with Gasteiger partial charge < -0.3 is 20.1 Å². The predicted octanol–water partition coefficient (Wildman–Crippen LogP) is -0.401. The normalized spacial score (nSPS) is 20.7. The maximum Gasteiger partial charge on any atom is 0.241 e. The summed E-state index contributed by atoms with van der Waals surface area (Å²) in [6.45, 7) is 2.31. The standard InChI is InChI=1S/C16H18N4O5S/c1-9(21)17-3-4-18-14(22)2-5-20-15(23)10-6-12-13(25-8-24-12)7-11(10)19-16(20)26/h6-7,10H,2-5,8H2,1H3,(H,17,21)(H,18,22). The maximum atomic E-state index is 12.7. The molecule has 0 aromatic rings. The predicted molar refractivity (Wildman–Crippen MR) is 94.7 cm³/mol. The van der Waals surface area contributed by atoms with Gasteiger partial charge in [-0.15, -0.1) is 0 Å². The molecule has 26 heavy (non-hydrogen) atoms. The van der Waals surface area contributed by atoms with Gasteiger partial charge in [0.25, 0.3) is 0 Å². The molecule has 0 radical (unpaired) electrons. The molecule has 1 atom stereocenters. The first-order valence-electron chi connectivity index (χ1n) is 8.10. The summed E-state index contributed by atoms with van der Waals surface area (Å²) in [6, 6.07) is 0. The number of rotatable bonds is 6. The van der Waals surface area contributed by atoms with Crippen LogP contribution in [-0.4, -0.2) is 59.9 Å². The molecule has 138 valence electrons. The lowest BCUT2D eigenvalue weighted by Gasteiger charge is -2.30. The fraction of sp³-hybridized carbons (Fsp3) is 0.438. The van der Waals surface area contributed by atoms with Crippen molar-refractivity contribution in [1.82, 2.24) is 15.5 Å². The Morgan fingerprint density at radius 1 is 1.31 bits per heavy atom. The zero-order valence-corrected chi connectivity index (χ0v) is 14.9.